The third kappa shape index (κ3) is 3.37. The third-order valence-electron chi connectivity index (χ3n) is 3.51. The molecule has 1 aliphatic heterocycles. The van der Waals surface area contributed by atoms with Crippen molar-refractivity contribution in [2.75, 3.05) is 18.8 Å². The number of Topliss-reactive ketones (excluding diaryl/α,β-unsaturated/α-hetero) is 1. The van der Waals surface area contributed by atoms with Crippen LogP contribution in [0.2, 0.25) is 0 Å². The number of rotatable bonds is 3. The zero-order valence-electron chi connectivity index (χ0n) is 10.7. The van der Waals surface area contributed by atoms with E-state index < -0.39 is 0 Å². The fraction of sp³-hybridized carbons (Fsp3) is 0.500. The second-order valence-electron chi connectivity index (χ2n) is 4.72. The van der Waals surface area contributed by atoms with Gasteiger partial charge in [-0.1, -0.05) is 35.0 Å². The molecule has 2 rings (SSSR count). The molecule has 0 radical (unpaired) electrons. The molecule has 1 saturated heterocycles. The number of ketones is 1. The Bertz CT molecular complexity index is 438. The number of thioether (sulfide) groups is 1. The predicted octanol–water partition coefficient (Wildman–Crippen LogP) is 3.46. The first kappa shape index (κ1) is 14.1. The van der Waals surface area contributed by atoms with E-state index in [-0.39, 0.29) is 5.78 Å². The zero-order valence-corrected chi connectivity index (χ0v) is 13.1. The van der Waals surface area contributed by atoms with E-state index in [1.807, 2.05) is 36.0 Å². The van der Waals surface area contributed by atoms with Gasteiger partial charge >= 0.3 is 0 Å². The Balaban J connectivity index is 2.03. The Morgan fingerprint density at radius 2 is 2.28 bits per heavy atom. The van der Waals surface area contributed by atoms with Crippen LogP contribution >= 0.6 is 27.7 Å². The van der Waals surface area contributed by atoms with Gasteiger partial charge in [-0.3, -0.25) is 9.69 Å². The summed E-state index contributed by atoms with van der Waals surface area (Å²) in [6, 6.07) is 8.11. The first-order valence-corrected chi connectivity index (χ1v) is 8.06. The lowest BCUT2D eigenvalue weighted by Gasteiger charge is -2.36. The smallest absolute Gasteiger partial charge is 0.176 e. The van der Waals surface area contributed by atoms with Crippen molar-refractivity contribution in [1.29, 1.82) is 0 Å². The van der Waals surface area contributed by atoms with E-state index in [1.165, 1.54) is 0 Å². The molecule has 1 aliphatic rings. The summed E-state index contributed by atoms with van der Waals surface area (Å²) in [7, 11) is 0. The van der Waals surface area contributed by atoms with Gasteiger partial charge in [-0.2, -0.15) is 11.8 Å². The van der Waals surface area contributed by atoms with Crippen LogP contribution in [0.15, 0.2) is 28.7 Å². The standard InChI is InChI=1S/C14H18BrNOS/c1-10-11(2)18-7-6-16(10)9-14(17)12-4-3-5-13(15)8-12/h3-5,8,10-11H,6-7,9H2,1-2H3. The van der Waals surface area contributed by atoms with Crippen molar-refractivity contribution in [2.45, 2.75) is 25.1 Å². The van der Waals surface area contributed by atoms with Crippen molar-refractivity contribution in [2.24, 2.45) is 0 Å². The fourth-order valence-corrected chi connectivity index (χ4v) is 3.72. The third-order valence-corrected chi connectivity index (χ3v) is 5.34. The maximum atomic E-state index is 12.2. The SMILES string of the molecule is CC1SCCN(CC(=O)c2cccc(Br)c2)C1C. The molecule has 98 valence electrons. The van der Waals surface area contributed by atoms with Gasteiger partial charge in [-0.25, -0.2) is 0 Å². The average molecular weight is 328 g/mol. The highest BCUT2D eigenvalue weighted by Gasteiger charge is 2.26. The number of halogens is 1. The maximum absolute atomic E-state index is 12.2. The first-order valence-electron chi connectivity index (χ1n) is 6.22. The van der Waals surface area contributed by atoms with Gasteiger partial charge in [0.25, 0.3) is 0 Å². The van der Waals surface area contributed by atoms with Gasteiger partial charge in [0.05, 0.1) is 6.54 Å². The van der Waals surface area contributed by atoms with Crippen molar-refractivity contribution in [1.82, 2.24) is 4.90 Å². The summed E-state index contributed by atoms with van der Waals surface area (Å²) in [4.78, 5) is 14.5. The molecule has 0 N–H and O–H groups in total. The van der Waals surface area contributed by atoms with Crippen LogP contribution in [0.25, 0.3) is 0 Å². The number of benzene rings is 1. The largest absolute Gasteiger partial charge is 0.293 e. The van der Waals surface area contributed by atoms with Crippen LogP contribution in [0.4, 0.5) is 0 Å². The Labute approximate surface area is 121 Å². The average Bonchev–Trinajstić information content (AvgIpc) is 2.35. The second kappa shape index (κ2) is 6.22. The van der Waals surface area contributed by atoms with Crippen LogP contribution in [-0.2, 0) is 0 Å². The Morgan fingerprint density at radius 3 is 3.00 bits per heavy atom. The molecule has 2 atom stereocenters. The molecule has 1 aromatic carbocycles. The van der Waals surface area contributed by atoms with Crippen LogP contribution in [0, 0.1) is 0 Å². The van der Waals surface area contributed by atoms with Gasteiger partial charge in [0.1, 0.15) is 0 Å². The molecule has 0 spiro atoms. The lowest BCUT2D eigenvalue weighted by molar-refractivity contribution is 0.0902. The van der Waals surface area contributed by atoms with Crippen LogP contribution in [0.3, 0.4) is 0 Å². The Morgan fingerprint density at radius 1 is 1.50 bits per heavy atom. The number of hydrogen-bond acceptors (Lipinski definition) is 3. The summed E-state index contributed by atoms with van der Waals surface area (Å²) in [5, 5.41) is 0.606. The van der Waals surface area contributed by atoms with Crippen LogP contribution in [0.1, 0.15) is 24.2 Å². The lowest BCUT2D eigenvalue weighted by Crippen LogP contribution is -2.46. The van der Waals surface area contributed by atoms with E-state index in [0.29, 0.717) is 17.8 Å². The van der Waals surface area contributed by atoms with Gasteiger partial charge in [0.15, 0.2) is 5.78 Å². The molecular weight excluding hydrogens is 310 g/mol. The van der Waals surface area contributed by atoms with Gasteiger partial charge in [0.2, 0.25) is 0 Å². The van der Waals surface area contributed by atoms with E-state index in [2.05, 4.69) is 34.7 Å². The summed E-state index contributed by atoms with van der Waals surface area (Å²) in [6.45, 7) is 5.99. The van der Waals surface area contributed by atoms with Crippen molar-refractivity contribution in [3.05, 3.63) is 34.3 Å². The minimum atomic E-state index is 0.210. The molecule has 2 unspecified atom stereocenters. The quantitative estimate of drug-likeness (QED) is 0.793. The van der Waals surface area contributed by atoms with Gasteiger partial charge in [-0.05, 0) is 19.1 Å². The molecule has 1 heterocycles. The van der Waals surface area contributed by atoms with Crippen molar-refractivity contribution in [3.8, 4) is 0 Å². The van der Waals surface area contributed by atoms with E-state index >= 15 is 0 Å². The summed E-state index contributed by atoms with van der Waals surface area (Å²) in [5.41, 5.74) is 0.794. The molecule has 2 nitrogen and oxygen atoms in total. The summed E-state index contributed by atoms with van der Waals surface area (Å²) < 4.78 is 0.962. The molecule has 0 aliphatic carbocycles. The van der Waals surface area contributed by atoms with Gasteiger partial charge in [-0.15, -0.1) is 0 Å². The molecule has 0 amide bonds. The molecule has 4 heteroatoms. The molecule has 0 aromatic heterocycles. The summed E-state index contributed by atoms with van der Waals surface area (Å²) >= 11 is 5.40. The maximum Gasteiger partial charge on any atom is 0.176 e. The van der Waals surface area contributed by atoms with Gasteiger partial charge in [0, 0.05) is 33.6 Å². The normalized spacial score (nSPS) is 25.1. The number of hydrogen-bond donors (Lipinski definition) is 0. The van der Waals surface area contributed by atoms with Gasteiger partial charge < -0.3 is 0 Å². The molecule has 0 saturated carbocycles. The molecule has 1 aromatic rings. The van der Waals surface area contributed by atoms with E-state index in [0.717, 1.165) is 22.3 Å². The van der Waals surface area contributed by atoms with Crippen molar-refractivity contribution >= 4 is 33.5 Å². The monoisotopic (exact) mass is 327 g/mol. The fourth-order valence-electron chi connectivity index (χ4n) is 2.16. The van der Waals surface area contributed by atoms with E-state index in [1.54, 1.807) is 0 Å². The first-order chi connectivity index (χ1) is 8.58. The van der Waals surface area contributed by atoms with E-state index in [9.17, 15) is 4.79 Å². The molecule has 18 heavy (non-hydrogen) atoms. The predicted molar refractivity (Wildman–Crippen MR) is 81.4 cm³/mol. The topological polar surface area (TPSA) is 20.3 Å². The summed E-state index contributed by atoms with van der Waals surface area (Å²) in [5.74, 6) is 1.33. The minimum Gasteiger partial charge on any atom is -0.293 e. The molecule has 1 fully saturated rings. The minimum absolute atomic E-state index is 0.210. The highest BCUT2D eigenvalue weighted by Crippen LogP contribution is 2.24. The molecule has 0 bridgehead atoms. The second-order valence-corrected chi connectivity index (χ2v) is 7.12. The Hall–Kier alpha value is -0.320. The number of nitrogens with zero attached hydrogens (tertiary/aromatic N) is 1. The number of carbonyl (C=O) groups is 1. The number of carbonyl (C=O) groups excluding carboxylic acids is 1. The zero-order chi connectivity index (χ0) is 13.1. The van der Waals surface area contributed by atoms with Crippen LogP contribution in [0.5, 0.6) is 0 Å². The van der Waals surface area contributed by atoms with Crippen LogP contribution < -0.4 is 0 Å². The lowest BCUT2D eigenvalue weighted by atomic mass is 10.1. The summed E-state index contributed by atoms with van der Waals surface area (Å²) in [6.07, 6.45) is 0. The van der Waals surface area contributed by atoms with Crippen molar-refractivity contribution in [3.63, 3.8) is 0 Å². The van der Waals surface area contributed by atoms with E-state index in [4.69, 9.17) is 0 Å². The highest BCUT2D eigenvalue weighted by atomic mass is 79.9. The highest BCUT2D eigenvalue weighted by molar-refractivity contribution is 9.10. The van der Waals surface area contributed by atoms with Crippen molar-refractivity contribution < 1.29 is 4.79 Å². The van der Waals surface area contributed by atoms with Crippen LogP contribution in [-0.4, -0.2) is 40.8 Å². The molecular formula is C14H18BrNOS. The Kier molecular flexibility index (Phi) is 4.87.